The van der Waals surface area contributed by atoms with Gasteiger partial charge in [-0.05, 0) is 45.6 Å². The fourth-order valence-electron chi connectivity index (χ4n) is 5.19. The van der Waals surface area contributed by atoms with Gasteiger partial charge in [0.1, 0.15) is 12.1 Å². The van der Waals surface area contributed by atoms with E-state index in [9.17, 15) is 29.1 Å². The second-order valence-corrected chi connectivity index (χ2v) is 11.9. The summed E-state index contributed by atoms with van der Waals surface area (Å²) in [5, 5.41) is 23.4. The molecule has 0 saturated heterocycles. The summed E-state index contributed by atoms with van der Waals surface area (Å²) in [6, 6.07) is -1.56. The number of rotatable bonds is 32. The first-order valence-electron chi connectivity index (χ1n) is 17.2. The first-order valence-corrected chi connectivity index (χ1v) is 17.2. The number of hydrazine groups is 1. The minimum absolute atomic E-state index is 0.000916. The molecular formula is C33H62N4O8. The van der Waals surface area contributed by atoms with Crippen LogP contribution in [-0.4, -0.2) is 72.7 Å². The zero-order valence-corrected chi connectivity index (χ0v) is 28.0. The van der Waals surface area contributed by atoms with Gasteiger partial charge in [-0.2, -0.15) is 0 Å². The number of unbranched alkanes of at least 4 members (excludes halogenated alkanes) is 16. The maximum absolute atomic E-state index is 12.3. The van der Waals surface area contributed by atoms with Gasteiger partial charge in [0.2, 0.25) is 11.8 Å². The number of ether oxygens (including phenoxy) is 1. The van der Waals surface area contributed by atoms with Crippen molar-refractivity contribution in [3.63, 3.8) is 0 Å². The number of hydrogen-bond acceptors (Lipinski definition) is 8. The number of esters is 1. The molecule has 0 radical (unpaired) electrons. The number of carboxylic acid groups (broad SMARTS) is 2. The van der Waals surface area contributed by atoms with Crippen LogP contribution in [0.25, 0.3) is 0 Å². The molecule has 0 bridgehead atoms. The summed E-state index contributed by atoms with van der Waals surface area (Å²) in [5.41, 5.74) is 5.55. The van der Waals surface area contributed by atoms with E-state index in [-0.39, 0.29) is 37.0 Å². The Morgan fingerprint density at radius 1 is 0.578 bits per heavy atom. The molecule has 0 heterocycles. The normalized spacial score (nSPS) is 12.3. The van der Waals surface area contributed by atoms with Gasteiger partial charge in [-0.1, -0.05) is 89.9 Å². The van der Waals surface area contributed by atoms with E-state index in [0.717, 1.165) is 44.9 Å². The lowest BCUT2D eigenvalue weighted by molar-refractivity contribution is -0.144. The molecule has 0 aromatic rings. The molecule has 0 rings (SSSR count). The van der Waals surface area contributed by atoms with Crippen molar-refractivity contribution in [2.45, 2.75) is 160 Å². The SMILES string of the molecule is CNNC(CCCCNC(=O)CCC(NC(=O)CCCCCCCCCCCCCCCCCCC(=O)O)C(=O)O)C(=O)OC. The van der Waals surface area contributed by atoms with Gasteiger partial charge in [0.15, 0.2) is 0 Å². The van der Waals surface area contributed by atoms with Crippen molar-refractivity contribution in [2.24, 2.45) is 0 Å². The van der Waals surface area contributed by atoms with E-state index < -0.39 is 24.0 Å². The van der Waals surface area contributed by atoms with Crippen molar-refractivity contribution in [3.05, 3.63) is 0 Å². The molecule has 2 amide bonds. The smallest absolute Gasteiger partial charge is 0.326 e. The molecule has 0 aliphatic heterocycles. The van der Waals surface area contributed by atoms with Gasteiger partial charge in [-0.25, -0.2) is 10.2 Å². The maximum atomic E-state index is 12.3. The summed E-state index contributed by atoms with van der Waals surface area (Å²) in [7, 11) is 2.99. The Balaban J connectivity index is 3.74. The van der Waals surface area contributed by atoms with E-state index in [2.05, 4.69) is 21.5 Å². The standard InChI is InChI=1S/C33H62N4O8/c1-34-37-28(33(44)45-2)21-19-20-26-35-29(38)25-24-27(32(42)43)36-30(39)22-17-15-13-11-9-7-5-3-4-6-8-10-12-14-16-18-23-31(40)41/h27-28,34,37H,3-26H2,1-2H3,(H,35,38)(H,36,39)(H,40,41)(H,42,43). The lowest BCUT2D eigenvalue weighted by Crippen LogP contribution is -2.44. The Hall–Kier alpha value is -2.73. The number of carbonyl (C=O) groups is 5. The van der Waals surface area contributed by atoms with Crippen LogP contribution in [0.1, 0.15) is 148 Å². The second kappa shape index (κ2) is 30.0. The number of aliphatic carboxylic acids is 2. The lowest BCUT2D eigenvalue weighted by atomic mass is 10.0. The Kier molecular flexibility index (Phi) is 28.1. The fraction of sp³-hybridized carbons (Fsp3) is 0.848. The molecule has 0 spiro atoms. The minimum Gasteiger partial charge on any atom is -0.481 e. The molecule has 0 aliphatic rings. The van der Waals surface area contributed by atoms with Crippen molar-refractivity contribution in [3.8, 4) is 0 Å². The van der Waals surface area contributed by atoms with Gasteiger partial charge in [0.25, 0.3) is 0 Å². The van der Waals surface area contributed by atoms with Gasteiger partial charge in [-0.3, -0.25) is 24.6 Å². The van der Waals surface area contributed by atoms with Crippen LogP contribution in [0, 0.1) is 0 Å². The molecule has 0 aromatic heterocycles. The van der Waals surface area contributed by atoms with Crippen LogP contribution < -0.4 is 21.5 Å². The van der Waals surface area contributed by atoms with Gasteiger partial charge >= 0.3 is 17.9 Å². The highest BCUT2D eigenvalue weighted by Crippen LogP contribution is 2.14. The predicted molar refractivity (Wildman–Crippen MR) is 174 cm³/mol. The molecule has 12 nitrogen and oxygen atoms in total. The first kappa shape index (κ1) is 42.3. The van der Waals surface area contributed by atoms with Crippen molar-refractivity contribution >= 4 is 29.7 Å². The average molecular weight is 643 g/mol. The Bertz CT molecular complexity index is 812. The number of carbonyl (C=O) groups excluding carboxylic acids is 3. The van der Waals surface area contributed by atoms with Crippen molar-refractivity contribution in [1.29, 1.82) is 0 Å². The fourth-order valence-corrected chi connectivity index (χ4v) is 5.19. The average Bonchev–Trinajstić information content (AvgIpc) is 3.00. The Morgan fingerprint density at radius 3 is 1.51 bits per heavy atom. The van der Waals surface area contributed by atoms with E-state index in [4.69, 9.17) is 9.84 Å². The highest BCUT2D eigenvalue weighted by Gasteiger charge is 2.21. The summed E-state index contributed by atoms with van der Waals surface area (Å²) in [6.45, 7) is 0.414. The first-order chi connectivity index (χ1) is 21.7. The molecule has 6 N–H and O–H groups in total. The second-order valence-electron chi connectivity index (χ2n) is 11.9. The molecule has 0 aliphatic carbocycles. The molecule has 2 unspecified atom stereocenters. The van der Waals surface area contributed by atoms with Crippen molar-refractivity contribution in [1.82, 2.24) is 21.5 Å². The van der Waals surface area contributed by atoms with Crippen LogP contribution in [0.3, 0.4) is 0 Å². The van der Waals surface area contributed by atoms with E-state index in [1.54, 1.807) is 7.05 Å². The highest BCUT2D eigenvalue weighted by molar-refractivity contribution is 5.84. The molecule has 0 aromatic carbocycles. The summed E-state index contributed by atoms with van der Waals surface area (Å²) >= 11 is 0. The van der Waals surface area contributed by atoms with Gasteiger partial charge in [0.05, 0.1) is 7.11 Å². The third-order valence-corrected chi connectivity index (χ3v) is 7.88. The quantitative estimate of drug-likeness (QED) is 0.0332. The van der Waals surface area contributed by atoms with E-state index in [1.165, 1.54) is 64.9 Å². The number of amides is 2. The third-order valence-electron chi connectivity index (χ3n) is 7.88. The highest BCUT2D eigenvalue weighted by atomic mass is 16.5. The zero-order chi connectivity index (χ0) is 33.5. The summed E-state index contributed by atoms with van der Waals surface area (Å²) in [6.07, 6.45) is 20.6. The summed E-state index contributed by atoms with van der Waals surface area (Å²) in [4.78, 5) is 58.1. The molecule has 262 valence electrons. The Morgan fingerprint density at radius 2 is 1.07 bits per heavy atom. The van der Waals surface area contributed by atoms with Crippen LogP contribution >= 0.6 is 0 Å². The van der Waals surface area contributed by atoms with Crippen LogP contribution in [0.5, 0.6) is 0 Å². The molecule has 12 heteroatoms. The molecular weight excluding hydrogens is 580 g/mol. The van der Waals surface area contributed by atoms with Crippen LogP contribution in [0.15, 0.2) is 0 Å². The molecule has 0 fully saturated rings. The third kappa shape index (κ3) is 27.3. The van der Waals surface area contributed by atoms with Gasteiger partial charge < -0.3 is 25.6 Å². The van der Waals surface area contributed by atoms with Crippen molar-refractivity contribution in [2.75, 3.05) is 20.7 Å². The van der Waals surface area contributed by atoms with E-state index in [1.807, 2.05) is 0 Å². The maximum Gasteiger partial charge on any atom is 0.326 e. The minimum atomic E-state index is -1.15. The van der Waals surface area contributed by atoms with Crippen molar-refractivity contribution < 1.29 is 38.9 Å². The van der Waals surface area contributed by atoms with Gasteiger partial charge in [0, 0.05) is 25.8 Å². The number of methoxy groups -OCH3 is 1. The molecule has 45 heavy (non-hydrogen) atoms. The van der Waals surface area contributed by atoms with E-state index in [0.29, 0.717) is 32.2 Å². The summed E-state index contributed by atoms with van der Waals surface area (Å²) in [5.74, 6) is -2.78. The topological polar surface area (TPSA) is 183 Å². The van der Waals surface area contributed by atoms with E-state index >= 15 is 0 Å². The zero-order valence-electron chi connectivity index (χ0n) is 28.0. The predicted octanol–water partition coefficient (Wildman–Crippen LogP) is 4.99. The number of carboxylic acids is 2. The van der Waals surface area contributed by atoms with Gasteiger partial charge in [-0.15, -0.1) is 0 Å². The molecule has 0 saturated carbocycles. The number of nitrogens with one attached hydrogen (secondary N) is 4. The number of hydrogen-bond donors (Lipinski definition) is 6. The summed E-state index contributed by atoms with van der Waals surface area (Å²) < 4.78 is 4.74. The Labute approximate surface area is 270 Å². The van der Waals surface area contributed by atoms with Crippen LogP contribution in [0.2, 0.25) is 0 Å². The monoisotopic (exact) mass is 642 g/mol. The van der Waals surface area contributed by atoms with Crippen LogP contribution in [0.4, 0.5) is 0 Å². The largest absolute Gasteiger partial charge is 0.481 e. The molecule has 2 atom stereocenters. The van der Waals surface area contributed by atoms with Crippen LogP contribution in [-0.2, 0) is 28.7 Å². The lowest BCUT2D eigenvalue weighted by Gasteiger charge is -2.16.